The van der Waals surface area contributed by atoms with Crippen molar-refractivity contribution in [3.05, 3.63) is 29.6 Å². The van der Waals surface area contributed by atoms with Crippen LogP contribution in [0.5, 0.6) is 0 Å². The fraction of sp³-hybridized carbons (Fsp3) is 0.462. The highest BCUT2D eigenvalue weighted by atomic mass is 32.2. The second-order valence-electron chi connectivity index (χ2n) is 4.69. The van der Waals surface area contributed by atoms with Crippen LogP contribution in [0, 0.1) is 17.1 Å². The summed E-state index contributed by atoms with van der Waals surface area (Å²) in [6.45, 7) is 2.26. The minimum atomic E-state index is -3.81. The van der Waals surface area contributed by atoms with Gasteiger partial charge in [0.2, 0.25) is 10.0 Å². The molecule has 6 heteroatoms. The van der Waals surface area contributed by atoms with Gasteiger partial charge >= 0.3 is 0 Å². The SMILES string of the molecule is CC1CCCCN1S(=O)(=O)c1cccc(F)c1C#N. The molecule has 0 N–H and O–H groups in total. The maximum atomic E-state index is 13.5. The van der Waals surface area contributed by atoms with E-state index in [-0.39, 0.29) is 10.9 Å². The zero-order chi connectivity index (χ0) is 14.0. The number of nitrogens with zero attached hydrogens (tertiary/aromatic N) is 2. The fourth-order valence-corrected chi connectivity index (χ4v) is 4.24. The summed E-state index contributed by atoms with van der Waals surface area (Å²) in [5.41, 5.74) is -0.403. The second kappa shape index (κ2) is 5.27. The first kappa shape index (κ1) is 14.0. The van der Waals surface area contributed by atoms with E-state index in [2.05, 4.69) is 0 Å². The summed E-state index contributed by atoms with van der Waals surface area (Å²) in [7, 11) is -3.81. The van der Waals surface area contributed by atoms with E-state index in [4.69, 9.17) is 5.26 Å². The summed E-state index contributed by atoms with van der Waals surface area (Å²) < 4.78 is 40.0. The van der Waals surface area contributed by atoms with Crippen LogP contribution in [0.4, 0.5) is 4.39 Å². The number of hydrogen-bond acceptors (Lipinski definition) is 3. The Bertz CT molecular complexity index is 622. The highest BCUT2D eigenvalue weighted by Crippen LogP contribution is 2.27. The molecular weight excluding hydrogens is 267 g/mol. The molecule has 0 saturated carbocycles. The Morgan fingerprint density at radius 2 is 2.16 bits per heavy atom. The number of piperidine rings is 1. The Kier molecular flexibility index (Phi) is 3.88. The molecule has 0 bridgehead atoms. The number of hydrogen-bond donors (Lipinski definition) is 0. The largest absolute Gasteiger partial charge is 0.244 e. The van der Waals surface area contributed by atoms with Gasteiger partial charge in [0.15, 0.2) is 0 Å². The smallest absolute Gasteiger partial charge is 0.207 e. The lowest BCUT2D eigenvalue weighted by Crippen LogP contribution is -2.42. The predicted octanol–water partition coefficient (Wildman–Crippen LogP) is 2.26. The monoisotopic (exact) mass is 282 g/mol. The molecule has 1 aliphatic rings. The fourth-order valence-electron chi connectivity index (χ4n) is 2.38. The Hall–Kier alpha value is -1.45. The minimum absolute atomic E-state index is 0.117. The summed E-state index contributed by atoms with van der Waals surface area (Å²) in [6.07, 6.45) is 2.57. The maximum Gasteiger partial charge on any atom is 0.244 e. The highest BCUT2D eigenvalue weighted by molar-refractivity contribution is 7.89. The molecular formula is C13H15FN2O2S. The minimum Gasteiger partial charge on any atom is -0.207 e. The van der Waals surface area contributed by atoms with E-state index in [1.807, 2.05) is 6.92 Å². The van der Waals surface area contributed by atoms with Crippen molar-refractivity contribution in [2.45, 2.75) is 37.1 Å². The lowest BCUT2D eigenvalue weighted by molar-refractivity contribution is 0.268. The molecule has 1 saturated heterocycles. The van der Waals surface area contributed by atoms with Crippen molar-refractivity contribution in [1.29, 1.82) is 5.26 Å². The average Bonchev–Trinajstić information content (AvgIpc) is 2.38. The van der Waals surface area contributed by atoms with E-state index in [1.165, 1.54) is 16.4 Å². The molecule has 0 spiro atoms. The molecule has 1 aliphatic heterocycles. The van der Waals surface area contributed by atoms with Gasteiger partial charge in [0.05, 0.1) is 0 Å². The summed E-state index contributed by atoms with van der Waals surface area (Å²) in [4.78, 5) is -0.233. The predicted molar refractivity (Wildman–Crippen MR) is 68.3 cm³/mol. The molecule has 1 fully saturated rings. The second-order valence-corrected chi connectivity index (χ2v) is 6.54. The topological polar surface area (TPSA) is 61.2 Å². The number of nitriles is 1. The van der Waals surface area contributed by atoms with E-state index < -0.39 is 21.4 Å². The summed E-state index contributed by atoms with van der Waals surface area (Å²) in [5.74, 6) is -0.798. The van der Waals surface area contributed by atoms with Gasteiger partial charge in [0.1, 0.15) is 22.3 Å². The maximum absolute atomic E-state index is 13.5. The van der Waals surface area contributed by atoms with Crippen molar-refractivity contribution in [2.75, 3.05) is 6.54 Å². The van der Waals surface area contributed by atoms with Gasteiger partial charge in [-0.25, -0.2) is 12.8 Å². The van der Waals surface area contributed by atoms with Crippen molar-refractivity contribution in [1.82, 2.24) is 4.31 Å². The molecule has 1 heterocycles. The van der Waals surface area contributed by atoms with Crippen LogP contribution in [0.25, 0.3) is 0 Å². The van der Waals surface area contributed by atoms with E-state index >= 15 is 0 Å². The van der Waals surface area contributed by atoms with Crippen LogP contribution in [0.15, 0.2) is 23.1 Å². The van der Waals surface area contributed by atoms with Crippen LogP contribution in [0.2, 0.25) is 0 Å². The number of benzene rings is 1. The Balaban J connectivity index is 2.51. The van der Waals surface area contributed by atoms with Crippen molar-refractivity contribution >= 4 is 10.0 Å². The molecule has 0 aliphatic carbocycles. The molecule has 1 unspecified atom stereocenters. The van der Waals surface area contributed by atoms with Crippen LogP contribution >= 0.6 is 0 Å². The quantitative estimate of drug-likeness (QED) is 0.836. The molecule has 19 heavy (non-hydrogen) atoms. The van der Waals surface area contributed by atoms with Gasteiger partial charge in [-0.3, -0.25) is 0 Å². The molecule has 1 atom stereocenters. The van der Waals surface area contributed by atoms with Gasteiger partial charge < -0.3 is 0 Å². The molecule has 1 aromatic rings. The molecule has 2 rings (SSSR count). The Morgan fingerprint density at radius 1 is 1.42 bits per heavy atom. The molecule has 0 aromatic heterocycles. The van der Waals surface area contributed by atoms with Crippen LogP contribution in [0.1, 0.15) is 31.7 Å². The zero-order valence-corrected chi connectivity index (χ0v) is 11.5. The van der Waals surface area contributed by atoms with Crippen LogP contribution < -0.4 is 0 Å². The third kappa shape index (κ3) is 2.48. The molecule has 0 radical (unpaired) electrons. The highest BCUT2D eigenvalue weighted by Gasteiger charge is 2.33. The van der Waals surface area contributed by atoms with Crippen molar-refractivity contribution in [3.63, 3.8) is 0 Å². The van der Waals surface area contributed by atoms with Crippen LogP contribution in [-0.4, -0.2) is 25.3 Å². The normalized spacial score (nSPS) is 21.0. The molecule has 102 valence electrons. The van der Waals surface area contributed by atoms with Gasteiger partial charge in [-0.05, 0) is 31.9 Å². The van der Waals surface area contributed by atoms with Gasteiger partial charge in [0.25, 0.3) is 0 Å². The van der Waals surface area contributed by atoms with Gasteiger partial charge in [-0.2, -0.15) is 9.57 Å². The first-order chi connectivity index (χ1) is 8.98. The summed E-state index contributed by atoms with van der Waals surface area (Å²) in [6, 6.07) is 5.23. The average molecular weight is 282 g/mol. The molecule has 0 amide bonds. The van der Waals surface area contributed by atoms with Gasteiger partial charge in [-0.1, -0.05) is 12.5 Å². The van der Waals surface area contributed by atoms with Gasteiger partial charge in [0, 0.05) is 12.6 Å². The van der Waals surface area contributed by atoms with Crippen LogP contribution in [-0.2, 0) is 10.0 Å². The standard InChI is InChI=1S/C13H15FN2O2S/c1-10-5-2-3-8-16(10)19(17,18)13-7-4-6-12(14)11(13)9-15/h4,6-7,10H,2-3,5,8H2,1H3. The number of sulfonamides is 1. The van der Waals surface area contributed by atoms with Crippen molar-refractivity contribution in [3.8, 4) is 6.07 Å². The lowest BCUT2D eigenvalue weighted by atomic mass is 10.1. The van der Waals surface area contributed by atoms with E-state index in [0.717, 1.165) is 25.3 Å². The van der Waals surface area contributed by atoms with Crippen molar-refractivity contribution in [2.24, 2.45) is 0 Å². The molecule has 1 aromatic carbocycles. The Morgan fingerprint density at radius 3 is 2.79 bits per heavy atom. The molecule has 4 nitrogen and oxygen atoms in total. The van der Waals surface area contributed by atoms with E-state index in [9.17, 15) is 12.8 Å². The summed E-state index contributed by atoms with van der Waals surface area (Å²) in [5, 5.41) is 8.95. The summed E-state index contributed by atoms with van der Waals surface area (Å²) >= 11 is 0. The van der Waals surface area contributed by atoms with E-state index in [1.54, 1.807) is 6.07 Å². The third-order valence-corrected chi connectivity index (χ3v) is 5.47. The van der Waals surface area contributed by atoms with Crippen molar-refractivity contribution < 1.29 is 12.8 Å². The first-order valence-electron chi connectivity index (χ1n) is 6.19. The Labute approximate surface area is 112 Å². The number of halogens is 1. The first-order valence-corrected chi connectivity index (χ1v) is 7.63. The number of rotatable bonds is 2. The van der Waals surface area contributed by atoms with E-state index in [0.29, 0.717) is 6.54 Å². The third-order valence-electron chi connectivity index (χ3n) is 3.42. The zero-order valence-electron chi connectivity index (χ0n) is 10.6. The van der Waals surface area contributed by atoms with Crippen LogP contribution in [0.3, 0.4) is 0 Å². The lowest BCUT2D eigenvalue weighted by Gasteiger charge is -2.32. The van der Waals surface area contributed by atoms with Gasteiger partial charge in [-0.15, -0.1) is 0 Å².